The molecule has 0 bridgehead atoms. The SMILES string of the molecule is CCCCCP(F)(CC)(CCCCC)CCCCC. The monoisotopic (exact) mass is 292 g/mol. The quantitative estimate of drug-likeness (QED) is 0.253. The zero-order valence-corrected chi connectivity index (χ0v) is 14.9. The summed E-state index contributed by atoms with van der Waals surface area (Å²) in [7, 11) is 0. The van der Waals surface area contributed by atoms with E-state index in [-0.39, 0.29) is 0 Å². The van der Waals surface area contributed by atoms with E-state index < -0.39 is 6.91 Å². The van der Waals surface area contributed by atoms with Gasteiger partial charge in [-0.15, -0.1) is 0 Å². The van der Waals surface area contributed by atoms with Crippen molar-refractivity contribution in [1.29, 1.82) is 0 Å². The molecule has 0 aromatic heterocycles. The van der Waals surface area contributed by atoms with Gasteiger partial charge in [0.25, 0.3) is 0 Å². The Bertz CT molecular complexity index is 186. The van der Waals surface area contributed by atoms with Gasteiger partial charge in [-0.1, -0.05) is 0 Å². The van der Waals surface area contributed by atoms with Gasteiger partial charge < -0.3 is 0 Å². The van der Waals surface area contributed by atoms with Gasteiger partial charge in [-0.3, -0.25) is 0 Å². The standard InChI is InChI=1S/C17H38FP/c1-5-9-12-15-19(18,8-4,16-13-10-6-2)17-14-11-7-3/h5-17H2,1-4H3. The van der Waals surface area contributed by atoms with Crippen LogP contribution in [0.5, 0.6) is 0 Å². The van der Waals surface area contributed by atoms with Gasteiger partial charge in [0, 0.05) is 0 Å². The molecule has 0 aliphatic rings. The summed E-state index contributed by atoms with van der Waals surface area (Å²) < 4.78 is 16.0. The number of hydrogen-bond acceptors (Lipinski definition) is 0. The third-order valence-electron chi connectivity index (χ3n) is 4.75. The van der Waals surface area contributed by atoms with Crippen LogP contribution in [0.15, 0.2) is 0 Å². The number of halogens is 1. The summed E-state index contributed by atoms with van der Waals surface area (Å²) in [4.78, 5) is 0. The van der Waals surface area contributed by atoms with E-state index in [1.165, 1.54) is 38.5 Å². The third-order valence-corrected chi connectivity index (χ3v) is 10.6. The van der Waals surface area contributed by atoms with Gasteiger partial charge in [0.1, 0.15) is 0 Å². The molecule has 0 aromatic carbocycles. The summed E-state index contributed by atoms with van der Waals surface area (Å²) in [6, 6.07) is 0. The van der Waals surface area contributed by atoms with E-state index in [0.717, 1.165) is 43.9 Å². The molecule has 0 aromatic rings. The van der Waals surface area contributed by atoms with Crippen LogP contribution in [0.1, 0.15) is 85.5 Å². The van der Waals surface area contributed by atoms with Gasteiger partial charge >= 0.3 is 121 Å². The fourth-order valence-electron chi connectivity index (χ4n) is 3.08. The summed E-state index contributed by atoms with van der Waals surface area (Å²) in [5.41, 5.74) is 0. The summed E-state index contributed by atoms with van der Waals surface area (Å²) in [5, 5.41) is 0. The van der Waals surface area contributed by atoms with Crippen molar-refractivity contribution in [3.05, 3.63) is 0 Å². The van der Waals surface area contributed by atoms with Gasteiger partial charge in [-0.25, -0.2) is 0 Å². The minimum absolute atomic E-state index is 0.836. The van der Waals surface area contributed by atoms with Gasteiger partial charge in [-0.05, 0) is 0 Å². The predicted molar refractivity (Wildman–Crippen MR) is 91.7 cm³/mol. The molecule has 0 aliphatic heterocycles. The van der Waals surface area contributed by atoms with Crippen LogP contribution < -0.4 is 0 Å². The maximum atomic E-state index is 16.0. The first-order chi connectivity index (χ1) is 9.04. The Hall–Kier alpha value is 0.360. The van der Waals surface area contributed by atoms with Gasteiger partial charge in [-0.2, -0.15) is 0 Å². The first-order valence-corrected chi connectivity index (χ1v) is 11.6. The topological polar surface area (TPSA) is 0 Å². The normalized spacial score (nSPS) is 14.3. The van der Waals surface area contributed by atoms with Crippen LogP contribution >= 0.6 is 6.91 Å². The van der Waals surface area contributed by atoms with Crippen molar-refractivity contribution in [1.82, 2.24) is 0 Å². The molecular formula is C17H38FP. The van der Waals surface area contributed by atoms with Crippen molar-refractivity contribution in [3.63, 3.8) is 0 Å². The van der Waals surface area contributed by atoms with E-state index >= 15 is 4.20 Å². The number of unbranched alkanes of at least 4 members (excludes halogenated alkanes) is 6. The Kier molecular flexibility index (Phi) is 10.3. The number of hydrogen-bond donors (Lipinski definition) is 0. The zero-order chi connectivity index (χ0) is 14.6. The van der Waals surface area contributed by atoms with E-state index in [4.69, 9.17) is 0 Å². The van der Waals surface area contributed by atoms with E-state index in [9.17, 15) is 0 Å². The molecule has 0 saturated carbocycles. The Morgan fingerprint density at radius 1 is 0.579 bits per heavy atom. The molecule has 0 aliphatic carbocycles. The van der Waals surface area contributed by atoms with E-state index in [1.807, 2.05) is 0 Å². The summed E-state index contributed by atoms with van der Waals surface area (Å²) in [5.74, 6) is 0. The van der Waals surface area contributed by atoms with Crippen LogP contribution in [0.25, 0.3) is 0 Å². The Morgan fingerprint density at radius 2 is 0.895 bits per heavy atom. The van der Waals surface area contributed by atoms with Gasteiger partial charge in [0.15, 0.2) is 0 Å². The van der Waals surface area contributed by atoms with E-state index in [1.54, 1.807) is 0 Å². The van der Waals surface area contributed by atoms with Crippen LogP contribution in [0.2, 0.25) is 0 Å². The molecular weight excluding hydrogens is 254 g/mol. The number of rotatable bonds is 13. The zero-order valence-electron chi connectivity index (χ0n) is 14.0. The Balaban J connectivity index is 4.59. The Labute approximate surface area is 122 Å². The molecule has 0 N–H and O–H groups in total. The molecule has 0 atom stereocenters. The molecule has 0 amide bonds. The van der Waals surface area contributed by atoms with Crippen molar-refractivity contribution in [3.8, 4) is 0 Å². The van der Waals surface area contributed by atoms with Crippen molar-refractivity contribution in [2.45, 2.75) is 85.5 Å². The fourth-order valence-corrected chi connectivity index (χ4v) is 7.74. The second kappa shape index (κ2) is 10.1. The molecule has 0 rings (SSSR count). The maximum absolute atomic E-state index is 16.0. The molecule has 118 valence electrons. The molecule has 0 unspecified atom stereocenters. The molecule has 0 fully saturated rings. The van der Waals surface area contributed by atoms with Crippen LogP contribution in [0.4, 0.5) is 4.20 Å². The molecule has 0 spiro atoms. The molecule has 19 heavy (non-hydrogen) atoms. The fraction of sp³-hybridized carbons (Fsp3) is 1.00. The molecule has 0 heterocycles. The van der Waals surface area contributed by atoms with Crippen molar-refractivity contribution >= 4 is 6.91 Å². The summed E-state index contributed by atoms with van der Waals surface area (Å²) in [6.07, 6.45) is 14.2. The van der Waals surface area contributed by atoms with Crippen molar-refractivity contribution in [2.24, 2.45) is 0 Å². The van der Waals surface area contributed by atoms with Crippen molar-refractivity contribution in [2.75, 3.05) is 24.6 Å². The minimum atomic E-state index is -2.86. The second-order valence-electron chi connectivity index (χ2n) is 6.43. The molecule has 0 nitrogen and oxygen atoms in total. The Morgan fingerprint density at radius 3 is 1.11 bits per heavy atom. The third kappa shape index (κ3) is 7.64. The first-order valence-electron chi connectivity index (χ1n) is 8.76. The average molecular weight is 292 g/mol. The first kappa shape index (κ1) is 19.4. The van der Waals surface area contributed by atoms with Crippen LogP contribution in [-0.2, 0) is 0 Å². The van der Waals surface area contributed by atoms with Crippen molar-refractivity contribution < 1.29 is 4.20 Å². The summed E-state index contributed by atoms with van der Waals surface area (Å²) >= 11 is 0. The molecule has 0 saturated heterocycles. The summed E-state index contributed by atoms with van der Waals surface area (Å²) in [6.45, 7) is 5.91. The van der Waals surface area contributed by atoms with Gasteiger partial charge in [0.2, 0.25) is 0 Å². The van der Waals surface area contributed by atoms with Gasteiger partial charge in [0.05, 0.1) is 0 Å². The second-order valence-corrected chi connectivity index (χ2v) is 12.0. The van der Waals surface area contributed by atoms with E-state index in [2.05, 4.69) is 27.7 Å². The van der Waals surface area contributed by atoms with Crippen LogP contribution in [0.3, 0.4) is 0 Å². The van der Waals surface area contributed by atoms with Crippen LogP contribution in [-0.4, -0.2) is 24.6 Å². The molecule has 2 heteroatoms. The average Bonchev–Trinajstić information content (AvgIpc) is 2.40. The molecule has 0 radical (unpaired) electrons. The predicted octanol–water partition coefficient (Wildman–Crippen LogP) is 7.01. The van der Waals surface area contributed by atoms with E-state index in [0.29, 0.717) is 0 Å². The van der Waals surface area contributed by atoms with Crippen LogP contribution in [0, 0.1) is 0 Å².